The molecule has 0 radical (unpaired) electrons. The molecule has 0 amide bonds. The van der Waals surface area contributed by atoms with Crippen molar-refractivity contribution in [3.63, 3.8) is 0 Å². The maximum atomic E-state index is 10.4. The second-order valence-electron chi connectivity index (χ2n) is 2.57. The molecule has 0 heterocycles. The Morgan fingerprint density at radius 3 is 2.50 bits per heavy atom. The Kier molecular flexibility index (Phi) is 3.11. The topological polar surface area (TPSA) is 29.1 Å². The summed E-state index contributed by atoms with van der Waals surface area (Å²) >= 11 is 5.16. The van der Waals surface area contributed by atoms with Crippen LogP contribution in [0.2, 0.25) is 0 Å². The highest BCUT2D eigenvalue weighted by Gasteiger charge is 1.94. The molecule has 1 N–H and O–H groups in total. The zero-order chi connectivity index (χ0) is 8.97. The number of nitrogens with one attached hydrogen (secondary N) is 1. The highest BCUT2D eigenvalue weighted by atomic mass is 35.5. The first-order chi connectivity index (χ1) is 5.68. The van der Waals surface area contributed by atoms with Gasteiger partial charge < -0.3 is 5.32 Å². The Hall–Kier alpha value is -1.02. The zero-order valence-corrected chi connectivity index (χ0v) is 7.56. The summed E-state index contributed by atoms with van der Waals surface area (Å²) in [6, 6.07) is 7.77. The lowest BCUT2D eigenvalue weighted by Gasteiger charge is -2.02. The van der Waals surface area contributed by atoms with E-state index >= 15 is 0 Å². The zero-order valence-electron chi connectivity index (χ0n) is 6.80. The Balaban J connectivity index is 2.53. The summed E-state index contributed by atoms with van der Waals surface area (Å²) in [5.74, 6) is 0. The summed E-state index contributed by atoms with van der Waals surface area (Å²) in [6.07, 6.45) is 0. The van der Waals surface area contributed by atoms with Crippen molar-refractivity contribution in [1.82, 2.24) is 0 Å². The van der Waals surface area contributed by atoms with Crippen LogP contribution in [0, 0.1) is 6.92 Å². The predicted octanol–water partition coefficient (Wildman–Crippen LogP) is 2.17. The second-order valence-corrected chi connectivity index (χ2v) is 3.00. The van der Waals surface area contributed by atoms with Crippen molar-refractivity contribution in [1.29, 1.82) is 0 Å². The molecule has 2 nitrogen and oxygen atoms in total. The van der Waals surface area contributed by atoms with E-state index in [0.29, 0.717) is 0 Å². The van der Waals surface area contributed by atoms with Crippen LogP contribution in [0.1, 0.15) is 5.56 Å². The smallest absolute Gasteiger partial charge is 0.240 e. The van der Waals surface area contributed by atoms with Gasteiger partial charge in [-0.1, -0.05) is 17.7 Å². The van der Waals surface area contributed by atoms with Crippen molar-refractivity contribution < 1.29 is 4.79 Å². The van der Waals surface area contributed by atoms with Crippen LogP contribution in [0.15, 0.2) is 24.3 Å². The molecule has 1 aromatic rings. The van der Waals surface area contributed by atoms with E-state index in [2.05, 4.69) is 5.32 Å². The third kappa shape index (κ3) is 2.93. The van der Waals surface area contributed by atoms with Gasteiger partial charge >= 0.3 is 0 Å². The van der Waals surface area contributed by atoms with E-state index in [1.165, 1.54) is 5.56 Å². The minimum atomic E-state index is -0.379. The minimum Gasteiger partial charge on any atom is -0.377 e. The van der Waals surface area contributed by atoms with Crippen molar-refractivity contribution >= 4 is 22.5 Å². The van der Waals surface area contributed by atoms with Crippen LogP contribution in [0.5, 0.6) is 0 Å². The van der Waals surface area contributed by atoms with Crippen molar-refractivity contribution in [2.24, 2.45) is 0 Å². The van der Waals surface area contributed by atoms with E-state index in [9.17, 15) is 4.79 Å². The molecule has 0 saturated carbocycles. The third-order valence-corrected chi connectivity index (χ3v) is 1.62. The molecule has 3 heteroatoms. The molecular weight excluding hydrogens is 174 g/mol. The fraction of sp³-hybridized carbons (Fsp3) is 0.222. The van der Waals surface area contributed by atoms with Gasteiger partial charge in [0.2, 0.25) is 5.24 Å². The lowest BCUT2D eigenvalue weighted by molar-refractivity contribution is -0.110. The van der Waals surface area contributed by atoms with Gasteiger partial charge in [-0.25, -0.2) is 0 Å². The molecule has 12 heavy (non-hydrogen) atoms. The molecule has 0 aromatic heterocycles. The molecule has 0 bridgehead atoms. The van der Waals surface area contributed by atoms with Gasteiger partial charge in [0.15, 0.2) is 0 Å². The van der Waals surface area contributed by atoms with E-state index in [-0.39, 0.29) is 11.8 Å². The van der Waals surface area contributed by atoms with Crippen LogP contribution in [-0.4, -0.2) is 11.8 Å². The average molecular weight is 184 g/mol. The molecule has 64 valence electrons. The molecular formula is C9H10ClNO. The lowest BCUT2D eigenvalue weighted by Crippen LogP contribution is -2.07. The van der Waals surface area contributed by atoms with Crippen molar-refractivity contribution in [3.05, 3.63) is 29.8 Å². The van der Waals surface area contributed by atoms with E-state index in [4.69, 9.17) is 11.6 Å². The molecule has 0 unspecified atom stereocenters. The number of anilines is 1. The van der Waals surface area contributed by atoms with E-state index in [1.807, 2.05) is 31.2 Å². The Morgan fingerprint density at radius 2 is 2.00 bits per heavy atom. The number of aryl methyl sites for hydroxylation is 1. The quantitative estimate of drug-likeness (QED) is 0.728. The summed E-state index contributed by atoms with van der Waals surface area (Å²) in [5.41, 5.74) is 2.10. The van der Waals surface area contributed by atoms with Gasteiger partial charge in [-0.05, 0) is 30.7 Å². The molecule has 1 rings (SSSR count). The van der Waals surface area contributed by atoms with Crippen molar-refractivity contribution in [2.45, 2.75) is 6.92 Å². The average Bonchev–Trinajstić information content (AvgIpc) is 2.03. The SMILES string of the molecule is Cc1ccc(NCC(=O)Cl)cc1. The molecule has 0 spiro atoms. The van der Waals surface area contributed by atoms with Crippen LogP contribution >= 0.6 is 11.6 Å². The molecule has 0 saturated heterocycles. The van der Waals surface area contributed by atoms with Gasteiger partial charge in [0.1, 0.15) is 0 Å². The predicted molar refractivity (Wildman–Crippen MR) is 50.5 cm³/mol. The number of hydrogen-bond donors (Lipinski definition) is 1. The third-order valence-electron chi connectivity index (χ3n) is 1.48. The normalized spacial score (nSPS) is 9.50. The Morgan fingerprint density at radius 1 is 1.42 bits per heavy atom. The Labute approximate surface area is 76.5 Å². The van der Waals surface area contributed by atoms with Gasteiger partial charge in [0.05, 0.1) is 6.54 Å². The van der Waals surface area contributed by atoms with Crippen LogP contribution in [0.4, 0.5) is 5.69 Å². The summed E-state index contributed by atoms with van der Waals surface area (Å²) in [4.78, 5) is 10.4. The first-order valence-corrected chi connectivity index (χ1v) is 4.05. The standard InChI is InChI=1S/C9H10ClNO/c1-7-2-4-8(5-3-7)11-6-9(10)12/h2-5,11H,6H2,1H3. The molecule has 0 aliphatic heterocycles. The second kappa shape index (κ2) is 4.12. The largest absolute Gasteiger partial charge is 0.377 e. The molecule has 0 aliphatic carbocycles. The van der Waals surface area contributed by atoms with Crippen LogP contribution in [0.25, 0.3) is 0 Å². The van der Waals surface area contributed by atoms with Crippen molar-refractivity contribution in [3.8, 4) is 0 Å². The number of halogens is 1. The molecule has 1 aromatic carbocycles. The van der Waals surface area contributed by atoms with Gasteiger partial charge in [0.25, 0.3) is 0 Å². The number of benzene rings is 1. The maximum Gasteiger partial charge on any atom is 0.240 e. The van der Waals surface area contributed by atoms with Crippen LogP contribution in [-0.2, 0) is 4.79 Å². The van der Waals surface area contributed by atoms with Gasteiger partial charge in [0, 0.05) is 5.69 Å². The van der Waals surface area contributed by atoms with Crippen LogP contribution < -0.4 is 5.32 Å². The summed E-state index contributed by atoms with van der Waals surface area (Å²) in [6.45, 7) is 2.18. The van der Waals surface area contributed by atoms with E-state index in [1.54, 1.807) is 0 Å². The lowest BCUT2D eigenvalue weighted by atomic mass is 10.2. The Bertz CT molecular complexity index is 268. The highest BCUT2D eigenvalue weighted by molar-refractivity contribution is 6.64. The molecule has 0 fully saturated rings. The van der Waals surface area contributed by atoms with Gasteiger partial charge in [-0.3, -0.25) is 4.79 Å². The summed E-state index contributed by atoms with van der Waals surface area (Å²) < 4.78 is 0. The fourth-order valence-corrected chi connectivity index (χ4v) is 0.910. The molecule has 0 atom stereocenters. The van der Waals surface area contributed by atoms with Gasteiger partial charge in [-0.15, -0.1) is 0 Å². The van der Waals surface area contributed by atoms with Gasteiger partial charge in [-0.2, -0.15) is 0 Å². The number of hydrogen-bond acceptors (Lipinski definition) is 2. The maximum absolute atomic E-state index is 10.4. The highest BCUT2D eigenvalue weighted by Crippen LogP contribution is 2.07. The fourth-order valence-electron chi connectivity index (χ4n) is 0.843. The first-order valence-electron chi connectivity index (χ1n) is 3.67. The molecule has 0 aliphatic rings. The van der Waals surface area contributed by atoms with Crippen molar-refractivity contribution in [2.75, 3.05) is 11.9 Å². The monoisotopic (exact) mass is 183 g/mol. The summed E-state index contributed by atoms with van der Waals surface area (Å²) in [5, 5.41) is 2.51. The first kappa shape index (κ1) is 9.07. The summed E-state index contributed by atoms with van der Waals surface area (Å²) in [7, 11) is 0. The van der Waals surface area contributed by atoms with E-state index < -0.39 is 0 Å². The number of carbonyl (C=O) groups excluding carboxylic acids is 1. The van der Waals surface area contributed by atoms with E-state index in [0.717, 1.165) is 5.69 Å². The minimum absolute atomic E-state index is 0.171. The number of carbonyl (C=O) groups is 1. The number of rotatable bonds is 3. The van der Waals surface area contributed by atoms with Crippen LogP contribution in [0.3, 0.4) is 0 Å².